The van der Waals surface area contributed by atoms with E-state index in [1.807, 2.05) is 48.1 Å². The fraction of sp³-hybridized carbons (Fsp3) is 0.500. The number of imidazole rings is 1. The quantitative estimate of drug-likeness (QED) is 0.839. The Bertz CT molecular complexity index is 471. The minimum atomic E-state index is 0.270. The number of nitrogens with one attached hydrogen (secondary N) is 1. The van der Waals surface area contributed by atoms with Crippen LogP contribution in [-0.2, 0) is 20.5 Å². The number of nitrogens with zero attached hydrogens (tertiary/aromatic N) is 4. The molecule has 1 unspecified atom stereocenters. The molecule has 0 saturated carbocycles. The van der Waals surface area contributed by atoms with Crippen molar-refractivity contribution in [2.75, 3.05) is 6.54 Å². The molecule has 1 N–H and O–H groups in total. The van der Waals surface area contributed by atoms with Gasteiger partial charge >= 0.3 is 0 Å². The highest BCUT2D eigenvalue weighted by atomic mass is 15.2. The predicted octanol–water partition coefficient (Wildman–Crippen LogP) is 1.05. The Kier molecular flexibility index (Phi) is 3.58. The monoisotopic (exact) mass is 233 g/mol. The predicted molar refractivity (Wildman–Crippen MR) is 66.5 cm³/mol. The first kappa shape index (κ1) is 11.9. The van der Waals surface area contributed by atoms with E-state index >= 15 is 0 Å². The highest BCUT2D eigenvalue weighted by Crippen LogP contribution is 2.08. The summed E-state index contributed by atoms with van der Waals surface area (Å²) in [5, 5.41) is 7.61. The molecule has 0 aliphatic carbocycles. The zero-order valence-corrected chi connectivity index (χ0v) is 10.6. The second-order valence-electron chi connectivity index (χ2n) is 4.34. The fourth-order valence-electron chi connectivity index (χ4n) is 1.92. The Morgan fingerprint density at radius 3 is 2.82 bits per heavy atom. The third kappa shape index (κ3) is 2.94. The van der Waals surface area contributed by atoms with Gasteiger partial charge in [-0.1, -0.05) is 0 Å². The summed E-state index contributed by atoms with van der Waals surface area (Å²) in [5.41, 5.74) is 1.26. The lowest BCUT2D eigenvalue weighted by atomic mass is 10.2. The standard InChI is InChI=1S/C12H19N5/c1-10(12-14-6-7-16(12)2)13-5-4-11-8-15-17(3)9-11/h6-10,13H,4-5H2,1-3H3. The van der Waals surface area contributed by atoms with Crippen LogP contribution in [0.3, 0.4) is 0 Å². The third-order valence-electron chi connectivity index (χ3n) is 2.87. The van der Waals surface area contributed by atoms with Crippen molar-refractivity contribution < 1.29 is 0 Å². The van der Waals surface area contributed by atoms with Crippen LogP contribution in [0.25, 0.3) is 0 Å². The van der Waals surface area contributed by atoms with Gasteiger partial charge in [0.15, 0.2) is 0 Å². The van der Waals surface area contributed by atoms with Crippen LogP contribution in [0, 0.1) is 0 Å². The molecule has 5 heteroatoms. The van der Waals surface area contributed by atoms with Crippen LogP contribution < -0.4 is 5.32 Å². The van der Waals surface area contributed by atoms with Crippen molar-refractivity contribution in [1.29, 1.82) is 0 Å². The van der Waals surface area contributed by atoms with Crippen molar-refractivity contribution in [3.05, 3.63) is 36.2 Å². The van der Waals surface area contributed by atoms with Gasteiger partial charge in [0.2, 0.25) is 0 Å². The molecule has 2 rings (SSSR count). The highest BCUT2D eigenvalue weighted by molar-refractivity contribution is 5.04. The summed E-state index contributed by atoms with van der Waals surface area (Å²) in [6, 6.07) is 0.270. The number of aromatic nitrogens is 4. The largest absolute Gasteiger partial charge is 0.337 e. The first-order valence-electron chi connectivity index (χ1n) is 5.85. The van der Waals surface area contributed by atoms with Crippen molar-refractivity contribution in [3.8, 4) is 0 Å². The minimum absolute atomic E-state index is 0.270. The first-order valence-corrected chi connectivity index (χ1v) is 5.85. The van der Waals surface area contributed by atoms with Gasteiger partial charge < -0.3 is 9.88 Å². The number of hydrogen-bond donors (Lipinski definition) is 1. The Hall–Kier alpha value is -1.62. The molecule has 5 nitrogen and oxygen atoms in total. The summed E-state index contributed by atoms with van der Waals surface area (Å²) < 4.78 is 3.87. The van der Waals surface area contributed by atoms with E-state index in [9.17, 15) is 0 Å². The van der Waals surface area contributed by atoms with Crippen LogP contribution in [0.15, 0.2) is 24.8 Å². The maximum absolute atomic E-state index is 4.33. The Morgan fingerprint density at radius 2 is 2.24 bits per heavy atom. The Balaban J connectivity index is 1.81. The van der Waals surface area contributed by atoms with Crippen molar-refractivity contribution in [3.63, 3.8) is 0 Å². The second kappa shape index (κ2) is 5.14. The highest BCUT2D eigenvalue weighted by Gasteiger charge is 2.08. The molecule has 0 bridgehead atoms. The van der Waals surface area contributed by atoms with Crippen LogP contribution in [0.5, 0.6) is 0 Å². The summed E-state index contributed by atoms with van der Waals surface area (Å²) in [6.45, 7) is 3.06. The maximum Gasteiger partial charge on any atom is 0.125 e. The molecule has 0 radical (unpaired) electrons. The molecule has 2 heterocycles. The van der Waals surface area contributed by atoms with Gasteiger partial charge in [-0.25, -0.2) is 4.98 Å². The van der Waals surface area contributed by atoms with Crippen LogP contribution in [0.2, 0.25) is 0 Å². The molecule has 1 atom stereocenters. The molecule has 0 saturated heterocycles. The zero-order chi connectivity index (χ0) is 12.3. The van der Waals surface area contributed by atoms with Gasteiger partial charge in [-0.3, -0.25) is 4.68 Å². The molecule has 0 aliphatic heterocycles. The summed E-state index contributed by atoms with van der Waals surface area (Å²) in [5.74, 6) is 1.07. The van der Waals surface area contributed by atoms with Crippen molar-refractivity contribution in [1.82, 2.24) is 24.6 Å². The number of rotatable bonds is 5. The Morgan fingerprint density at radius 1 is 1.41 bits per heavy atom. The normalized spacial score (nSPS) is 12.9. The molecule has 0 aliphatic rings. The average Bonchev–Trinajstić information content (AvgIpc) is 2.87. The number of aryl methyl sites for hydroxylation is 2. The molecule has 2 aromatic rings. The molecule has 0 amide bonds. The van der Waals surface area contributed by atoms with Gasteiger partial charge in [-0.2, -0.15) is 5.10 Å². The molecule has 2 aromatic heterocycles. The van der Waals surface area contributed by atoms with E-state index in [0.717, 1.165) is 18.8 Å². The van der Waals surface area contributed by atoms with E-state index in [0.29, 0.717) is 0 Å². The van der Waals surface area contributed by atoms with E-state index in [1.165, 1.54) is 5.56 Å². The lowest BCUT2D eigenvalue weighted by Crippen LogP contribution is -2.23. The van der Waals surface area contributed by atoms with Gasteiger partial charge in [0, 0.05) is 32.7 Å². The SMILES string of the molecule is CC(NCCc1cnn(C)c1)c1nccn1C. The third-order valence-corrected chi connectivity index (χ3v) is 2.87. The summed E-state index contributed by atoms with van der Waals surface area (Å²) in [6.07, 6.45) is 8.74. The maximum atomic E-state index is 4.33. The second-order valence-corrected chi connectivity index (χ2v) is 4.34. The van der Waals surface area contributed by atoms with Crippen molar-refractivity contribution in [2.24, 2.45) is 14.1 Å². The fourth-order valence-corrected chi connectivity index (χ4v) is 1.92. The molecule has 92 valence electrons. The molecular formula is C12H19N5. The molecule has 0 fully saturated rings. The van der Waals surface area contributed by atoms with Crippen LogP contribution in [-0.4, -0.2) is 25.9 Å². The lowest BCUT2D eigenvalue weighted by Gasteiger charge is -2.13. The van der Waals surface area contributed by atoms with E-state index in [1.54, 1.807) is 0 Å². The smallest absolute Gasteiger partial charge is 0.125 e. The molecule has 17 heavy (non-hydrogen) atoms. The number of hydrogen-bond acceptors (Lipinski definition) is 3. The van der Waals surface area contributed by atoms with E-state index in [2.05, 4.69) is 22.3 Å². The Labute approximate surface area is 101 Å². The van der Waals surface area contributed by atoms with Gasteiger partial charge in [0.25, 0.3) is 0 Å². The first-order chi connectivity index (χ1) is 8.16. The van der Waals surface area contributed by atoms with E-state index in [4.69, 9.17) is 0 Å². The topological polar surface area (TPSA) is 47.7 Å². The van der Waals surface area contributed by atoms with Gasteiger partial charge in [0.1, 0.15) is 5.82 Å². The zero-order valence-electron chi connectivity index (χ0n) is 10.6. The van der Waals surface area contributed by atoms with Crippen LogP contribution in [0.1, 0.15) is 24.4 Å². The molecule has 0 spiro atoms. The molecular weight excluding hydrogens is 214 g/mol. The average molecular weight is 233 g/mol. The summed E-state index contributed by atoms with van der Waals surface area (Å²) in [7, 11) is 3.95. The van der Waals surface area contributed by atoms with Crippen LogP contribution >= 0.6 is 0 Å². The summed E-state index contributed by atoms with van der Waals surface area (Å²) in [4.78, 5) is 4.33. The van der Waals surface area contributed by atoms with Gasteiger partial charge in [0.05, 0.1) is 12.2 Å². The van der Waals surface area contributed by atoms with Crippen LogP contribution in [0.4, 0.5) is 0 Å². The van der Waals surface area contributed by atoms with E-state index in [-0.39, 0.29) is 6.04 Å². The van der Waals surface area contributed by atoms with Crippen molar-refractivity contribution in [2.45, 2.75) is 19.4 Å². The van der Waals surface area contributed by atoms with Gasteiger partial charge in [-0.05, 0) is 25.5 Å². The van der Waals surface area contributed by atoms with E-state index < -0.39 is 0 Å². The van der Waals surface area contributed by atoms with Crippen molar-refractivity contribution >= 4 is 0 Å². The molecule has 0 aromatic carbocycles. The lowest BCUT2D eigenvalue weighted by molar-refractivity contribution is 0.533. The van der Waals surface area contributed by atoms with Gasteiger partial charge in [-0.15, -0.1) is 0 Å². The minimum Gasteiger partial charge on any atom is -0.337 e. The summed E-state index contributed by atoms with van der Waals surface area (Å²) >= 11 is 0.